The number of nitrogens with two attached hydrogens (primary N) is 1. The summed E-state index contributed by atoms with van der Waals surface area (Å²) < 4.78 is 16.1. The molecule has 140 valence electrons. The maximum Gasteiger partial charge on any atom is 0.224 e. The second-order valence-corrected chi connectivity index (χ2v) is 5.91. The largest absolute Gasteiger partial charge is 0.496 e. The van der Waals surface area contributed by atoms with Gasteiger partial charge in [0.1, 0.15) is 23.9 Å². The van der Waals surface area contributed by atoms with E-state index in [-0.39, 0.29) is 17.9 Å². The Hall–Kier alpha value is -2.73. The minimum absolute atomic E-state index is 0.104. The fourth-order valence-corrected chi connectivity index (χ4v) is 2.50. The van der Waals surface area contributed by atoms with Crippen molar-refractivity contribution in [1.29, 1.82) is 0 Å². The predicted octanol–water partition coefficient (Wildman–Crippen LogP) is 2.53. The molecule has 2 atom stereocenters. The number of ether oxygens (including phenoxy) is 3. The van der Waals surface area contributed by atoms with Crippen molar-refractivity contribution in [3.05, 3.63) is 54.1 Å². The van der Waals surface area contributed by atoms with Gasteiger partial charge in [0, 0.05) is 24.2 Å². The summed E-state index contributed by atoms with van der Waals surface area (Å²) in [6, 6.07) is 14.5. The van der Waals surface area contributed by atoms with E-state index in [2.05, 4.69) is 5.32 Å². The lowest BCUT2D eigenvalue weighted by Gasteiger charge is -2.20. The van der Waals surface area contributed by atoms with Gasteiger partial charge in [0.15, 0.2) is 0 Å². The van der Waals surface area contributed by atoms with Crippen molar-refractivity contribution >= 4 is 5.91 Å². The Labute approximate surface area is 154 Å². The fraction of sp³-hybridized carbons (Fsp3) is 0.350. The van der Waals surface area contributed by atoms with E-state index >= 15 is 0 Å². The highest BCUT2D eigenvalue weighted by Gasteiger charge is 2.21. The van der Waals surface area contributed by atoms with Crippen LogP contribution >= 0.6 is 0 Å². The second-order valence-electron chi connectivity index (χ2n) is 5.91. The molecule has 2 unspecified atom stereocenters. The van der Waals surface area contributed by atoms with E-state index in [0.29, 0.717) is 30.4 Å². The summed E-state index contributed by atoms with van der Waals surface area (Å²) in [5, 5.41) is 2.85. The molecule has 0 fully saturated rings. The van der Waals surface area contributed by atoms with Gasteiger partial charge in [-0.05, 0) is 5.56 Å². The molecule has 1 amide bonds. The summed E-state index contributed by atoms with van der Waals surface area (Å²) in [4.78, 5) is 12.3. The number of carbonyl (C=O) groups is 1. The van der Waals surface area contributed by atoms with E-state index in [1.54, 1.807) is 32.4 Å². The second kappa shape index (κ2) is 9.68. The van der Waals surface area contributed by atoms with Crippen LogP contribution < -0.4 is 25.3 Å². The molecular formula is C20H26N2O4. The topological polar surface area (TPSA) is 82.8 Å². The third-order valence-corrected chi connectivity index (χ3v) is 4.13. The molecule has 0 spiro atoms. The first-order valence-electron chi connectivity index (χ1n) is 8.49. The number of rotatable bonds is 9. The molecule has 2 rings (SSSR count). The first kappa shape index (κ1) is 19.6. The number of benzene rings is 2. The van der Waals surface area contributed by atoms with Crippen LogP contribution in [0, 0.1) is 5.92 Å². The molecule has 0 radical (unpaired) electrons. The van der Waals surface area contributed by atoms with Crippen LogP contribution in [0.2, 0.25) is 0 Å². The van der Waals surface area contributed by atoms with Gasteiger partial charge >= 0.3 is 0 Å². The number of methoxy groups -OCH3 is 2. The molecule has 3 N–H and O–H groups in total. The van der Waals surface area contributed by atoms with Gasteiger partial charge in [0.2, 0.25) is 5.91 Å². The highest BCUT2D eigenvalue weighted by Crippen LogP contribution is 2.27. The zero-order valence-corrected chi connectivity index (χ0v) is 15.4. The third-order valence-electron chi connectivity index (χ3n) is 4.13. The van der Waals surface area contributed by atoms with E-state index in [0.717, 1.165) is 5.56 Å². The highest BCUT2D eigenvalue weighted by molar-refractivity contribution is 5.79. The average Bonchev–Trinajstić information content (AvgIpc) is 2.70. The number of carbonyl (C=O) groups excluding carboxylic acids is 1. The van der Waals surface area contributed by atoms with Crippen molar-refractivity contribution < 1.29 is 19.0 Å². The molecule has 0 aromatic heterocycles. The number of amides is 1. The van der Waals surface area contributed by atoms with Crippen LogP contribution in [0.25, 0.3) is 0 Å². The Kier molecular flexibility index (Phi) is 7.29. The van der Waals surface area contributed by atoms with E-state index in [9.17, 15) is 4.79 Å². The Morgan fingerprint density at radius 2 is 1.62 bits per heavy atom. The van der Waals surface area contributed by atoms with Gasteiger partial charge in [-0.2, -0.15) is 0 Å². The lowest BCUT2D eigenvalue weighted by Crippen LogP contribution is -2.37. The number of hydrogen-bond acceptors (Lipinski definition) is 5. The summed E-state index contributed by atoms with van der Waals surface area (Å²) in [7, 11) is 3.16. The fourth-order valence-electron chi connectivity index (χ4n) is 2.50. The Bertz CT molecular complexity index is 684. The van der Waals surface area contributed by atoms with E-state index in [4.69, 9.17) is 19.9 Å². The number of nitrogens with one attached hydrogen (secondary N) is 1. The lowest BCUT2D eigenvalue weighted by atomic mass is 9.95. The molecule has 2 aromatic carbocycles. The molecule has 0 bridgehead atoms. The van der Waals surface area contributed by atoms with Crippen molar-refractivity contribution in [2.45, 2.75) is 13.0 Å². The van der Waals surface area contributed by atoms with Gasteiger partial charge in [-0.3, -0.25) is 4.79 Å². The minimum Gasteiger partial charge on any atom is -0.496 e. The third kappa shape index (κ3) is 5.39. The van der Waals surface area contributed by atoms with Crippen LogP contribution in [0.4, 0.5) is 0 Å². The molecule has 2 aromatic rings. The molecule has 26 heavy (non-hydrogen) atoms. The van der Waals surface area contributed by atoms with E-state index in [1.165, 1.54) is 0 Å². The quantitative estimate of drug-likeness (QED) is 0.673. The van der Waals surface area contributed by atoms with Gasteiger partial charge in [-0.25, -0.2) is 0 Å². The predicted molar refractivity (Wildman–Crippen MR) is 101 cm³/mol. The van der Waals surface area contributed by atoms with Crippen LogP contribution in [0.1, 0.15) is 18.5 Å². The standard InChI is InChI=1S/C20H26N2O4/c1-14(19(21)15-7-5-4-6-8-15)20(23)22-9-10-26-18-12-16(24-2)11-17(13-18)25-3/h4-8,11-14,19H,9-10,21H2,1-3H3,(H,22,23). The minimum atomic E-state index is -0.347. The molecule has 0 aliphatic rings. The summed E-state index contributed by atoms with van der Waals surface area (Å²) in [5.41, 5.74) is 7.12. The Balaban J connectivity index is 1.81. The zero-order chi connectivity index (χ0) is 18.9. The molecule has 6 heteroatoms. The maximum atomic E-state index is 12.3. The summed E-state index contributed by atoms with van der Waals surface area (Å²) in [6.45, 7) is 2.53. The summed E-state index contributed by atoms with van der Waals surface area (Å²) in [6.07, 6.45) is 0. The van der Waals surface area contributed by atoms with Crippen LogP contribution in [-0.2, 0) is 4.79 Å². The first-order chi connectivity index (χ1) is 12.5. The molecule has 0 aliphatic heterocycles. The van der Waals surface area contributed by atoms with E-state index in [1.807, 2.05) is 37.3 Å². The zero-order valence-electron chi connectivity index (χ0n) is 15.4. The van der Waals surface area contributed by atoms with Crippen LogP contribution in [0.5, 0.6) is 17.2 Å². The molecule has 0 aliphatic carbocycles. The molecule has 0 heterocycles. The summed E-state index contributed by atoms with van der Waals surface area (Å²) in [5.74, 6) is 1.46. The van der Waals surface area contributed by atoms with Crippen molar-refractivity contribution in [3.63, 3.8) is 0 Å². The summed E-state index contributed by atoms with van der Waals surface area (Å²) >= 11 is 0. The highest BCUT2D eigenvalue weighted by atomic mass is 16.5. The van der Waals surface area contributed by atoms with Crippen molar-refractivity contribution in [2.24, 2.45) is 11.7 Å². The smallest absolute Gasteiger partial charge is 0.224 e. The van der Waals surface area contributed by atoms with Crippen LogP contribution in [0.15, 0.2) is 48.5 Å². The normalized spacial score (nSPS) is 12.8. The monoisotopic (exact) mass is 358 g/mol. The van der Waals surface area contributed by atoms with Gasteiger partial charge < -0.3 is 25.3 Å². The molecular weight excluding hydrogens is 332 g/mol. The van der Waals surface area contributed by atoms with E-state index < -0.39 is 0 Å². The Morgan fingerprint density at radius 3 is 2.19 bits per heavy atom. The van der Waals surface area contributed by atoms with Crippen molar-refractivity contribution in [2.75, 3.05) is 27.4 Å². The molecule has 6 nitrogen and oxygen atoms in total. The van der Waals surface area contributed by atoms with Gasteiger partial charge in [0.05, 0.1) is 26.7 Å². The first-order valence-corrected chi connectivity index (χ1v) is 8.49. The van der Waals surface area contributed by atoms with Crippen molar-refractivity contribution in [3.8, 4) is 17.2 Å². The lowest BCUT2D eigenvalue weighted by molar-refractivity contribution is -0.125. The molecule has 0 saturated carbocycles. The van der Waals surface area contributed by atoms with Gasteiger partial charge in [-0.15, -0.1) is 0 Å². The maximum absolute atomic E-state index is 12.3. The van der Waals surface area contributed by atoms with Gasteiger partial charge in [0.25, 0.3) is 0 Å². The molecule has 0 saturated heterocycles. The van der Waals surface area contributed by atoms with Gasteiger partial charge in [-0.1, -0.05) is 37.3 Å². The SMILES string of the molecule is COc1cc(OC)cc(OCCNC(=O)C(C)C(N)c2ccccc2)c1. The van der Waals surface area contributed by atoms with Crippen LogP contribution in [0.3, 0.4) is 0 Å². The van der Waals surface area contributed by atoms with Crippen LogP contribution in [-0.4, -0.2) is 33.3 Å². The number of hydrogen-bond donors (Lipinski definition) is 2. The average molecular weight is 358 g/mol. The Morgan fingerprint density at radius 1 is 1.04 bits per heavy atom. The van der Waals surface area contributed by atoms with Crippen molar-refractivity contribution in [1.82, 2.24) is 5.32 Å².